The Hall–Kier alpha value is -1.15. The molecule has 1 aliphatic heterocycles. The molecule has 1 amide bonds. The van der Waals surface area contributed by atoms with E-state index >= 15 is 0 Å². The van der Waals surface area contributed by atoms with Crippen LogP contribution in [0.2, 0.25) is 0 Å². The topological polar surface area (TPSA) is 66.8 Å². The van der Waals surface area contributed by atoms with Crippen LogP contribution >= 0.6 is 22.6 Å². The second kappa shape index (κ2) is 8.07. The van der Waals surface area contributed by atoms with Gasteiger partial charge in [-0.15, -0.1) is 0 Å². The van der Waals surface area contributed by atoms with Crippen LogP contribution in [0.5, 0.6) is 0 Å². The highest BCUT2D eigenvalue weighted by Gasteiger charge is 2.35. The Morgan fingerprint density at radius 3 is 2.30 bits per heavy atom. The van der Waals surface area contributed by atoms with Gasteiger partial charge in [0, 0.05) is 22.2 Å². The zero-order chi connectivity index (χ0) is 20.7. The standard InChI is InChI=1S/C21H30INO4/c1-11(2)9-23-10-15-13(4)18(22)17(12(3)14(15)8-16(23)24)19(20(25)26)27-21(5,6)7/h11,19H,8-10H2,1-7H3,(H,25,26)/t19-/m0/s1. The quantitative estimate of drug-likeness (QED) is 0.626. The van der Waals surface area contributed by atoms with Crippen molar-refractivity contribution < 1.29 is 19.4 Å². The van der Waals surface area contributed by atoms with Gasteiger partial charge in [0.15, 0.2) is 6.10 Å². The van der Waals surface area contributed by atoms with E-state index in [0.29, 0.717) is 24.4 Å². The zero-order valence-corrected chi connectivity index (χ0v) is 19.4. The number of hydrogen-bond acceptors (Lipinski definition) is 3. The zero-order valence-electron chi connectivity index (χ0n) is 17.3. The molecule has 27 heavy (non-hydrogen) atoms. The van der Waals surface area contributed by atoms with Gasteiger partial charge < -0.3 is 14.7 Å². The van der Waals surface area contributed by atoms with Crippen LogP contribution in [0.3, 0.4) is 0 Å². The first kappa shape index (κ1) is 22.1. The molecule has 1 aromatic rings. The molecular weight excluding hydrogens is 457 g/mol. The van der Waals surface area contributed by atoms with Crippen LogP contribution in [-0.4, -0.2) is 34.0 Å². The molecule has 2 rings (SSSR count). The van der Waals surface area contributed by atoms with Crippen LogP contribution < -0.4 is 0 Å². The molecule has 0 radical (unpaired) electrons. The fraction of sp³-hybridized carbons (Fsp3) is 0.619. The monoisotopic (exact) mass is 487 g/mol. The fourth-order valence-corrected chi connectivity index (χ4v) is 4.63. The Morgan fingerprint density at radius 2 is 1.81 bits per heavy atom. The lowest BCUT2D eigenvalue weighted by Gasteiger charge is -2.35. The number of carbonyl (C=O) groups is 2. The average Bonchev–Trinajstić information content (AvgIpc) is 2.51. The molecule has 0 saturated heterocycles. The molecule has 6 heteroatoms. The summed E-state index contributed by atoms with van der Waals surface area (Å²) in [5.41, 5.74) is 4.13. The van der Waals surface area contributed by atoms with Gasteiger partial charge in [-0.2, -0.15) is 0 Å². The number of carboxylic acid groups (broad SMARTS) is 1. The van der Waals surface area contributed by atoms with Crippen LogP contribution in [0.15, 0.2) is 0 Å². The fourth-order valence-electron chi connectivity index (χ4n) is 3.61. The number of ether oxygens (including phenoxy) is 1. The summed E-state index contributed by atoms with van der Waals surface area (Å²) >= 11 is 2.23. The molecule has 0 spiro atoms. The summed E-state index contributed by atoms with van der Waals surface area (Å²) in [4.78, 5) is 26.6. The van der Waals surface area contributed by atoms with Gasteiger partial charge in [0.1, 0.15) is 0 Å². The molecule has 0 unspecified atom stereocenters. The molecule has 1 atom stereocenters. The van der Waals surface area contributed by atoms with E-state index in [1.807, 2.05) is 39.5 Å². The van der Waals surface area contributed by atoms with Gasteiger partial charge in [0.2, 0.25) is 5.91 Å². The molecule has 0 fully saturated rings. The number of carbonyl (C=O) groups excluding carboxylic acids is 1. The molecule has 150 valence electrons. The van der Waals surface area contributed by atoms with Crippen LogP contribution in [0.1, 0.15) is 68.5 Å². The summed E-state index contributed by atoms with van der Waals surface area (Å²) in [6.07, 6.45) is -0.731. The van der Waals surface area contributed by atoms with Gasteiger partial charge in [-0.25, -0.2) is 4.79 Å². The largest absolute Gasteiger partial charge is 0.479 e. The van der Waals surface area contributed by atoms with E-state index in [0.717, 1.165) is 32.4 Å². The first-order valence-corrected chi connectivity index (χ1v) is 10.4. The third-order valence-electron chi connectivity index (χ3n) is 4.81. The number of aliphatic carboxylic acids is 1. The minimum Gasteiger partial charge on any atom is -0.479 e. The Morgan fingerprint density at radius 1 is 1.22 bits per heavy atom. The molecule has 0 aromatic heterocycles. The van der Waals surface area contributed by atoms with E-state index in [4.69, 9.17) is 4.74 Å². The number of halogens is 1. The van der Waals surface area contributed by atoms with Gasteiger partial charge in [0.25, 0.3) is 0 Å². The molecule has 1 aromatic carbocycles. The molecule has 1 N–H and O–H groups in total. The average molecular weight is 487 g/mol. The highest BCUT2D eigenvalue weighted by atomic mass is 127. The van der Waals surface area contributed by atoms with Crippen molar-refractivity contribution in [2.75, 3.05) is 6.54 Å². The van der Waals surface area contributed by atoms with Crippen molar-refractivity contribution in [1.82, 2.24) is 4.90 Å². The van der Waals surface area contributed by atoms with Gasteiger partial charge >= 0.3 is 5.97 Å². The lowest BCUT2D eigenvalue weighted by Crippen LogP contribution is -2.39. The van der Waals surface area contributed by atoms with E-state index in [9.17, 15) is 14.7 Å². The molecule has 5 nitrogen and oxygen atoms in total. The molecule has 0 aliphatic carbocycles. The van der Waals surface area contributed by atoms with E-state index in [2.05, 4.69) is 36.4 Å². The number of rotatable bonds is 5. The van der Waals surface area contributed by atoms with Crippen molar-refractivity contribution in [2.24, 2.45) is 5.92 Å². The highest BCUT2D eigenvalue weighted by Crippen LogP contribution is 2.38. The number of hydrogen-bond donors (Lipinski definition) is 1. The number of benzene rings is 1. The van der Waals surface area contributed by atoms with Crippen molar-refractivity contribution in [3.05, 3.63) is 31.4 Å². The Bertz CT molecular complexity index is 765. The second-order valence-corrected chi connectivity index (χ2v) is 9.81. The van der Waals surface area contributed by atoms with Crippen molar-refractivity contribution in [1.29, 1.82) is 0 Å². The summed E-state index contributed by atoms with van der Waals surface area (Å²) in [5, 5.41) is 9.82. The van der Waals surface area contributed by atoms with E-state index < -0.39 is 17.7 Å². The smallest absolute Gasteiger partial charge is 0.337 e. The first-order chi connectivity index (χ1) is 12.3. The molecule has 1 heterocycles. The maximum Gasteiger partial charge on any atom is 0.337 e. The van der Waals surface area contributed by atoms with Crippen molar-refractivity contribution in [3.8, 4) is 0 Å². The van der Waals surface area contributed by atoms with Crippen LogP contribution in [0.25, 0.3) is 0 Å². The number of amides is 1. The SMILES string of the molecule is Cc1c(I)c([C@H](OC(C)(C)C)C(=O)O)c(C)c2c1CN(CC(C)C)C(=O)C2. The summed E-state index contributed by atoms with van der Waals surface area (Å²) in [7, 11) is 0. The van der Waals surface area contributed by atoms with Crippen molar-refractivity contribution in [3.63, 3.8) is 0 Å². The number of fused-ring (bicyclic) bond motifs is 1. The summed E-state index contributed by atoms with van der Waals surface area (Å²) in [5.74, 6) is -0.491. The van der Waals surface area contributed by atoms with Crippen molar-refractivity contribution >= 4 is 34.5 Å². The summed E-state index contributed by atoms with van der Waals surface area (Å²) < 4.78 is 6.81. The molecule has 0 bridgehead atoms. The van der Waals surface area contributed by atoms with E-state index in [-0.39, 0.29) is 5.91 Å². The normalized spacial score (nSPS) is 15.9. The van der Waals surface area contributed by atoms with Gasteiger partial charge in [-0.3, -0.25) is 4.79 Å². The van der Waals surface area contributed by atoms with Gasteiger partial charge in [-0.05, 0) is 85.4 Å². The first-order valence-electron chi connectivity index (χ1n) is 9.32. The maximum atomic E-state index is 12.7. The van der Waals surface area contributed by atoms with Gasteiger partial charge in [-0.1, -0.05) is 13.8 Å². The van der Waals surface area contributed by atoms with Crippen LogP contribution in [0.4, 0.5) is 0 Å². The second-order valence-electron chi connectivity index (χ2n) is 8.73. The highest BCUT2D eigenvalue weighted by molar-refractivity contribution is 14.1. The predicted molar refractivity (Wildman–Crippen MR) is 114 cm³/mol. The van der Waals surface area contributed by atoms with E-state index in [1.165, 1.54) is 0 Å². The third kappa shape index (κ3) is 4.83. The third-order valence-corrected chi connectivity index (χ3v) is 6.20. The van der Waals surface area contributed by atoms with Crippen LogP contribution in [0, 0.1) is 23.3 Å². The van der Waals surface area contributed by atoms with Crippen LogP contribution in [-0.2, 0) is 27.3 Å². The molecule has 0 saturated carbocycles. The Labute approximate surface area is 175 Å². The number of carboxylic acids is 1. The maximum absolute atomic E-state index is 12.7. The van der Waals surface area contributed by atoms with Crippen molar-refractivity contribution in [2.45, 2.75) is 73.1 Å². The summed E-state index contributed by atoms with van der Waals surface area (Å²) in [6.45, 7) is 15.0. The lowest BCUT2D eigenvalue weighted by atomic mass is 9.86. The Kier molecular flexibility index (Phi) is 6.62. The molecular formula is C21H30INO4. The minimum absolute atomic E-state index is 0.106. The predicted octanol–water partition coefficient (Wildman–Crippen LogP) is 4.39. The minimum atomic E-state index is -1.05. The number of nitrogens with zero attached hydrogens (tertiary/aromatic N) is 1. The summed E-state index contributed by atoms with van der Waals surface area (Å²) in [6, 6.07) is 0. The molecule has 1 aliphatic rings. The van der Waals surface area contributed by atoms with E-state index in [1.54, 1.807) is 0 Å². The Balaban J connectivity index is 2.59. The van der Waals surface area contributed by atoms with Gasteiger partial charge in [0.05, 0.1) is 12.0 Å². The lowest BCUT2D eigenvalue weighted by molar-refractivity contribution is -0.160.